The molecule has 118 valence electrons. The molecule has 1 aliphatic heterocycles. The van der Waals surface area contributed by atoms with E-state index >= 15 is 0 Å². The van der Waals surface area contributed by atoms with E-state index in [0.29, 0.717) is 10.8 Å². The molecule has 2 heterocycles. The molecule has 1 aromatic heterocycles. The summed E-state index contributed by atoms with van der Waals surface area (Å²) in [4.78, 5) is 2.24. The van der Waals surface area contributed by atoms with Gasteiger partial charge < -0.3 is 25.0 Å². The van der Waals surface area contributed by atoms with E-state index in [-0.39, 0.29) is 9.41 Å². The van der Waals surface area contributed by atoms with Crippen LogP contribution in [0.2, 0.25) is 0 Å². The maximum Gasteiger partial charge on any atom is 0.263 e. The fourth-order valence-corrected chi connectivity index (χ4v) is 2.52. The number of hydrogen-bond acceptors (Lipinski definition) is 6. The molecule has 0 spiro atoms. The van der Waals surface area contributed by atoms with Crippen molar-refractivity contribution < 1.29 is 33.2 Å². The molecule has 0 saturated carbocycles. The van der Waals surface area contributed by atoms with Crippen LogP contribution in [0.4, 0.5) is 13.2 Å². The first-order valence-corrected chi connectivity index (χ1v) is 6.46. The minimum atomic E-state index is -3.12. The highest BCUT2D eigenvalue weighted by Gasteiger charge is 2.65. The Kier molecular flexibility index (Phi) is 4.26. The Bertz CT molecular complexity index is 668. The lowest BCUT2D eigenvalue weighted by atomic mass is 9.94. The average Bonchev–Trinajstić information content (AvgIpc) is 2.66. The summed E-state index contributed by atoms with van der Waals surface area (Å²) in [5, 5.41) is 28.7. The van der Waals surface area contributed by atoms with Crippen LogP contribution in [0.15, 0.2) is 6.20 Å². The fraction of sp³-hybridized carbons (Fsp3) is 0.600. The molecule has 1 aromatic rings. The number of aliphatic hydroxyl groups is 3. The van der Waals surface area contributed by atoms with Crippen LogP contribution in [-0.4, -0.2) is 55.7 Å². The minimum Gasteiger partial charge on any atom is -0.390 e. The van der Waals surface area contributed by atoms with Crippen molar-refractivity contribution in [2.75, 3.05) is 13.3 Å². The average molecular weight is 344 g/mol. The lowest BCUT2D eigenvalue weighted by Crippen LogP contribution is -2.52. The topological polar surface area (TPSA) is 90.6 Å². The standard InChI is InChI=1S/C10H11F3N2O4S2/c11-2-9(18)6(17)10(13,3-16)19-7(9)15-1-4(12)5(20)14-8(15)21/h1,6-7,16-18H,2-3H2,(H,14,20,21)/t6?,7-,9-,10-/m1/s1. The van der Waals surface area contributed by atoms with Gasteiger partial charge in [0.05, 0.1) is 0 Å². The predicted molar refractivity (Wildman–Crippen MR) is 68.4 cm³/mol. The molecule has 1 aliphatic rings. The van der Waals surface area contributed by atoms with E-state index in [2.05, 4.69) is 17.2 Å². The van der Waals surface area contributed by atoms with Crippen LogP contribution in [0.1, 0.15) is 6.23 Å². The number of ether oxygens (including phenoxy) is 1. The smallest absolute Gasteiger partial charge is 0.263 e. The van der Waals surface area contributed by atoms with Gasteiger partial charge in [0.1, 0.15) is 17.9 Å². The second kappa shape index (κ2) is 5.41. The van der Waals surface area contributed by atoms with Gasteiger partial charge in [-0.2, -0.15) is 0 Å². The molecular weight excluding hydrogens is 333 g/mol. The van der Waals surface area contributed by atoms with Gasteiger partial charge in [0.25, 0.3) is 5.85 Å². The lowest BCUT2D eigenvalue weighted by Gasteiger charge is -2.29. The molecule has 0 amide bonds. The zero-order valence-corrected chi connectivity index (χ0v) is 11.9. The van der Waals surface area contributed by atoms with Crippen LogP contribution < -0.4 is 0 Å². The van der Waals surface area contributed by atoms with Crippen molar-refractivity contribution >= 4 is 24.4 Å². The number of H-pyrrole nitrogens is 1. The van der Waals surface area contributed by atoms with Gasteiger partial charge in [0.2, 0.25) is 0 Å². The van der Waals surface area contributed by atoms with Crippen molar-refractivity contribution in [3.05, 3.63) is 21.4 Å². The molecule has 11 heteroatoms. The number of halogens is 3. The fourth-order valence-electron chi connectivity index (χ4n) is 2.06. The maximum absolute atomic E-state index is 14.1. The van der Waals surface area contributed by atoms with Gasteiger partial charge in [-0.1, -0.05) is 12.2 Å². The second-order valence-electron chi connectivity index (χ2n) is 4.59. The first kappa shape index (κ1) is 16.5. The van der Waals surface area contributed by atoms with Crippen LogP contribution in [0, 0.1) is 15.2 Å². The number of hydrogen-bond donors (Lipinski definition) is 4. The van der Waals surface area contributed by atoms with E-state index in [4.69, 9.17) is 22.1 Å². The van der Waals surface area contributed by atoms with E-state index in [0.717, 1.165) is 0 Å². The van der Waals surface area contributed by atoms with E-state index in [9.17, 15) is 23.4 Å². The highest BCUT2D eigenvalue weighted by atomic mass is 32.1. The maximum atomic E-state index is 14.1. The third-order valence-electron chi connectivity index (χ3n) is 3.22. The Balaban J connectivity index is 2.60. The van der Waals surface area contributed by atoms with Crippen molar-refractivity contribution in [3.63, 3.8) is 0 Å². The Morgan fingerprint density at radius 2 is 2.10 bits per heavy atom. The number of alkyl halides is 2. The first-order valence-electron chi connectivity index (χ1n) is 5.64. The number of nitrogens with zero attached hydrogens (tertiary/aromatic N) is 1. The van der Waals surface area contributed by atoms with Gasteiger partial charge in [-0.15, -0.1) is 0 Å². The molecule has 0 aliphatic carbocycles. The second-order valence-corrected chi connectivity index (χ2v) is 5.38. The molecule has 21 heavy (non-hydrogen) atoms. The Hall–Kier alpha value is -0.850. The van der Waals surface area contributed by atoms with Crippen LogP contribution >= 0.6 is 24.4 Å². The molecule has 0 radical (unpaired) electrons. The Labute approximate surface area is 126 Å². The third kappa shape index (κ3) is 2.43. The molecule has 1 fully saturated rings. The molecule has 1 saturated heterocycles. The quantitative estimate of drug-likeness (QED) is 0.603. The van der Waals surface area contributed by atoms with E-state index in [1.54, 1.807) is 0 Å². The summed E-state index contributed by atoms with van der Waals surface area (Å²) < 4.78 is 45.5. The summed E-state index contributed by atoms with van der Waals surface area (Å²) >= 11 is 9.43. The lowest BCUT2D eigenvalue weighted by molar-refractivity contribution is -0.207. The van der Waals surface area contributed by atoms with E-state index in [1.807, 2.05) is 0 Å². The molecule has 0 aromatic carbocycles. The van der Waals surface area contributed by atoms with Crippen molar-refractivity contribution in [2.24, 2.45) is 0 Å². The first-order chi connectivity index (χ1) is 9.69. The van der Waals surface area contributed by atoms with Crippen molar-refractivity contribution in [3.8, 4) is 0 Å². The van der Waals surface area contributed by atoms with Crippen molar-refractivity contribution in [2.45, 2.75) is 23.8 Å². The summed E-state index contributed by atoms with van der Waals surface area (Å²) in [6.07, 6.45) is -3.62. The Morgan fingerprint density at radius 1 is 1.48 bits per heavy atom. The van der Waals surface area contributed by atoms with Gasteiger partial charge >= 0.3 is 0 Å². The Morgan fingerprint density at radius 3 is 2.62 bits per heavy atom. The van der Waals surface area contributed by atoms with E-state index in [1.165, 1.54) is 0 Å². The molecule has 4 N–H and O–H groups in total. The zero-order chi connectivity index (χ0) is 16.0. The normalized spacial score (nSPS) is 36.1. The van der Waals surface area contributed by atoms with Gasteiger partial charge in [-0.25, -0.2) is 13.2 Å². The summed E-state index contributed by atoms with van der Waals surface area (Å²) in [6.45, 7) is -2.96. The number of aromatic nitrogens is 2. The van der Waals surface area contributed by atoms with Crippen LogP contribution in [-0.2, 0) is 4.74 Å². The van der Waals surface area contributed by atoms with Crippen molar-refractivity contribution in [1.82, 2.24) is 9.55 Å². The summed E-state index contributed by atoms with van der Waals surface area (Å²) in [7, 11) is 0. The van der Waals surface area contributed by atoms with Gasteiger partial charge in [-0.3, -0.25) is 4.57 Å². The van der Waals surface area contributed by atoms with E-state index < -0.39 is 42.9 Å². The molecular formula is C10H11F3N2O4S2. The number of aromatic amines is 1. The van der Waals surface area contributed by atoms with Crippen molar-refractivity contribution in [1.29, 1.82) is 0 Å². The van der Waals surface area contributed by atoms with Crippen LogP contribution in [0.3, 0.4) is 0 Å². The predicted octanol–water partition coefficient (Wildman–Crippen LogP) is 0.663. The highest BCUT2D eigenvalue weighted by molar-refractivity contribution is 7.72. The molecule has 2 rings (SSSR count). The molecule has 4 atom stereocenters. The van der Waals surface area contributed by atoms with Gasteiger partial charge in [-0.05, 0) is 12.2 Å². The highest BCUT2D eigenvalue weighted by Crippen LogP contribution is 2.45. The van der Waals surface area contributed by atoms with Crippen LogP contribution in [0.25, 0.3) is 0 Å². The summed E-state index contributed by atoms with van der Waals surface area (Å²) in [5.41, 5.74) is -2.76. The molecule has 6 nitrogen and oxygen atoms in total. The van der Waals surface area contributed by atoms with Gasteiger partial charge in [0, 0.05) is 6.20 Å². The SMILES string of the molecule is OC[C@@]1(F)O[C@@H](n2cc(F)c(=S)[nH]c2=S)[C@@](O)(CF)C1O. The largest absolute Gasteiger partial charge is 0.390 e. The molecule has 0 bridgehead atoms. The third-order valence-corrected chi connectivity index (χ3v) is 3.83. The number of nitrogens with one attached hydrogen (secondary N) is 1. The molecule has 1 unspecified atom stereocenters. The van der Waals surface area contributed by atoms with Gasteiger partial charge in [0.15, 0.2) is 28.5 Å². The number of rotatable bonds is 3. The van der Waals surface area contributed by atoms with Crippen LogP contribution in [0.5, 0.6) is 0 Å². The minimum absolute atomic E-state index is 0.285. The monoisotopic (exact) mass is 344 g/mol. The summed E-state index contributed by atoms with van der Waals surface area (Å²) in [6, 6.07) is 0. The summed E-state index contributed by atoms with van der Waals surface area (Å²) in [5.74, 6) is -4.10. The number of aliphatic hydroxyl groups excluding tert-OH is 2. The zero-order valence-electron chi connectivity index (χ0n) is 10.3.